The molecule has 3 aromatic carbocycles. The average Bonchev–Trinajstić information content (AvgIpc) is 2.80. The molecule has 1 amide bonds. The predicted molar refractivity (Wildman–Crippen MR) is 140 cm³/mol. The predicted octanol–water partition coefficient (Wildman–Crippen LogP) is 6.01. The number of hydrogen-bond acceptors (Lipinski definition) is 4. The summed E-state index contributed by atoms with van der Waals surface area (Å²) in [6.07, 6.45) is 1.57. The second-order valence-corrected chi connectivity index (χ2v) is 10.6. The maximum absolute atomic E-state index is 12.7. The average molecular weight is 545 g/mol. The van der Waals surface area contributed by atoms with Gasteiger partial charge < -0.3 is 10.1 Å². The topological polar surface area (TPSA) is 84.5 Å². The van der Waals surface area contributed by atoms with Crippen LogP contribution in [0.5, 0.6) is 5.75 Å². The van der Waals surface area contributed by atoms with Crippen molar-refractivity contribution in [2.45, 2.75) is 45.4 Å². The molecule has 0 unspecified atom stereocenters. The van der Waals surface area contributed by atoms with Crippen molar-refractivity contribution >= 4 is 43.2 Å². The number of nitrogens with one attached hydrogen (secondary N) is 2. The summed E-state index contributed by atoms with van der Waals surface area (Å²) in [7, 11) is -3.75. The highest BCUT2D eigenvalue weighted by Gasteiger charge is 2.17. The number of hydrogen-bond donors (Lipinski definition) is 2. The molecule has 0 aliphatic heterocycles. The van der Waals surface area contributed by atoms with Gasteiger partial charge in [-0.1, -0.05) is 47.5 Å². The summed E-state index contributed by atoms with van der Waals surface area (Å²) in [5, 5.41) is 2.97. The van der Waals surface area contributed by atoms with Crippen LogP contribution < -0.4 is 14.8 Å². The van der Waals surface area contributed by atoms with Gasteiger partial charge in [0, 0.05) is 15.8 Å². The van der Waals surface area contributed by atoms with Crippen LogP contribution in [0.1, 0.15) is 36.1 Å². The molecular weight excluding hydrogens is 516 g/mol. The van der Waals surface area contributed by atoms with Crippen molar-refractivity contribution in [2.75, 3.05) is 16.6 Å². The lowest BCUT2D eigenvalue weighted by Gasteiger charge is -2.16. The van der Waals surface area contributed by atoms with E-state index >= 15 is 0 Å². The van der Waals surface area contributed by atoms with Crippen LogP contribution in [-0.4, -0.2) is 20.9 Å². The molecular formula is C26H29BrN2O4S. The Morgan fingerprint density at radius 3 is 2.12 bits per heavy atom. The summed E-state index contributed by atoms with van der Waals surface area (Å²) in [6, 6.07) is 15.7. The normalized spacial score (nSPS) is 11.2. The van der Waals surface area contributed by atoms with E-state index < -0.39 is 10.0 Å². The Balaban J connectivity index is 1.68. The Bertz CT molecular complexity index is 1260. The van der Waals surface area contributed by atoms with Crippen LogP contribution in [0.3, 0.4) is 0 Å². The fourth-order valence-electron chi connectivity index (χ4n) is 3.55. The first-order valence-electron chi connectivity index (χ1n) is 11.1. The van der Waals surface area contributed by atoms with Crippen molar-refractivity contribution in [2.24, 2.45) is 0 Å². The molecule has 0 radical (unpaired) electrons. The third-order valence-corrected chi connectivity index (χ3v) is 7.25. The molecule has 0 atom stereocenters. The molecule has 3 aromatic rings. The third kappa shape index (κ3) is 6.39. The lowest BCUT2D eigenvalue weighted by molar-refractivity contribution is -0.118. The molecule has 0 aliphatic rings. The molecule has 0 fully saturated rings. The Kier molecular flexibility index (Phi) is 8.38. The monoisotopic (exact) mass is 544 g/mol. The third-order valence-electron chi connectivity index (χ3n) is 5.41. The van der Waals surface area contributed by atoms with E-state index in [0.29, 0.717) is 17.0 Å². The zero-order chi connectivity index (χ0) is 24.9. The quantitative estimate of drug-likeness (QED) is 0.345. The maximum Gasteiger partial charge on any atom is 0.262 e. The molecule has 6 nitrogen and oxygen atoms in total. The zero-order valence-corrected chi connectivity index (χ0v) is 22.1. The van der Waals surface area contributed by atoms with Crippen LogP contribution in [-0.2, 0) is 27.7 Å². The van der Waals surface area contributed by atoms with E-state index in [1.165, 1.54) is 12.1 Å². The number of ether oxygens (including phenoxy) is 1. The molecule has 3 rings (SSSR count). The van der Waals surface area contributed by atoms with Crippen molar-refractivity contribution in [1.29, 1.82) is 0 Å². The van der Waals surface area contributed by atoms with Crippen molar-refractivity contribution < 1.29 is 17.9 Å². The molecule has 0 bridgehead atoms. The van der Waals surface area contributed by atoms with Crippen LogP contribution in [0.2, 0.25) is 0 Å². The zero-order valence-electron chi connectivity index (χ0n) is 19.7. The summed E-state index contributed by atoms with van der Waals surface area (Å²) < 4.78 is 34.8. The SMILES string of the molecule is CCc1cc(Br)cc(CC)c1NC(=O)COc1ccc(S(=O)(=O)Nc2ccc(C)cc2)cc1C. The van der Waals surface area contributed by atoms with E-state index in [4.69, 9.17) is 4.74 Å². The first-order chi connectivity index (χ1) is 16.1. The Morgan fingerprint density at radius 2 is 1.56 bits per heavy atom. The number of carbonyl (C=O) groups excluding carboxylic acids is 1. The lowest BCUT2D eigenvalue weighted by Crippen LogP contribution is -2.22. The van der Waals surface area contributed by atoms with Gasteiger partial charge in [-0.05, 0) is 85.8 Å². The minimum atomic E-state index is -3.75. The Hall–Kier alpha value is -2.84. The molecule has 0 saturated carbocycles. The van der Waals surface area contributed by atoms with Crippen molar-refractivity contribution in [3.8, 4) is 5.75 Å². The summed E-state index contributed by atoms with van der Waals surface area (Å²) in [5.41, 5.74) is 5.07. The summed E-state index contributed by atoms with van der Waals surface area (Å²) in [6.45, 7) is 7.58. The van der Waals surface area contributed by atoms with Crippen LogP contribution in [0.25, 0.3) is 0 Å². The highest BCUT2D eigenvalue weighted by molar-refractivity contribution is 9.10. The van der Waals surface area contributed by atoms with Gasteiger partial charge in [-0.25, -0.2) is 8.42 Å². The fraction of sp³-hybridized carbons (Fsp3) is 0.269. The van der Waals surface area contributed by atoms with Crippen molar-refractivity contribution in [1.82, 2.24) is 0 Å². The van der Waals surface area contributed by atoms with Crippen molar-refractivity contribution in [3.63, 3.8) is 0 Å². The first-order valence-corrected chi connectivity index (χ1v) is 13.3. The molecule has 0 heterocycles. The number of benzene rings is 3. The number of sulfonamides is 1. The number of anilines is 2. The molecule has 0 aliphatic carbocycles. The van der Waals surface area contributed by atoms with E-state index in [1.54, 1.807) is 25.1 Å². The van der Waals surface area contributed by atoms with Crippen LogP contribution in [0, 0.1) is 13.8 Å². The van der Waals surface area contributed by atoms with Crippen LogP contribution >= 0.6 is 15.9 Å². The second-order valence-electron chi connectivity index (χ2n) is 8.04. The minimum absolute atomic E-state index is 0.123. The van der Waals surface area contributed by atoms with Gasteiger partial charge in [0.25, 0.3) is 15.9 Å². The van der Waals surface area contributed by atoms with E-state index in [-0.39, 0.29) is 17.4 Å². The lowest BCUT2D eigenvalue weighted by atomic mass is 10.0. The number of aryl methyl sites for hydroxylation is 4. The van der Waals surface area contributed by atoms with E-state index in [2.05, 4.69) is 26.0 Å². The molecule has 0 saturated heterocycles. The molecule has 34 heavy (non-hydrogen) atoms. The number of carbonyl (C=O) groups is 1. The highest BCUT2D eigenvalue weighted by atomic mass is 79.9. The van der Waals surface area contributed by atoms with Gasteiger partial charge in [0.2, 0.25) is 0 Å². The summed E-state index contributed by atoms with van der Waals surface area (Å²) in [4.78, 5) is 12.7. The minimum Gasteiger partial charge on any atom is -0.483 e. The molecule has 0 aromatic heterocycles. The Morgan fingerprint density at radius 1 is 0.941 bits per heavy atom. The van der Waals surface area contributed by atoms with Gasteiger partial charge in [-0.3, -0.25) is 9.52 Å². The number of amides is 1. The van der Waals surface area contributed by atoms with Gasteiger partial charge in [-0.2, -0.15) is 0 Å². The van der Waals surface area contributed by atoms with Crippen LogP contribution in [0.15, 0.2) is 64.0 Å². The molecule has 2 N–H and O–H groups in total. The van der Waals surface area contributed by atoms with Gasteiger partial charge in [0.05, 0.1) is 4.90 Å². The maximum atomic E-state index is 12.7. The van der Waals surface area contributed by atoms with Crippen LogP contribution in [0.4, 0.5) is 11.4 Å². The Labute approximate surface area is 209 Å². The van der Waals surface area contributed by atoms with E-state index in [9.17, 15) is 13.2 Å². The van der Waals surface area contributed by atoms with Gasteiger partial charge in [0.15, 0.2) is 6.61 Å². The summed E-state index contributed by atoms with van der Waals surface area (Å²) in [5.74, 6) is 0.176. The van der Waals surface area contributed by atoms with E-state index in [1.807, 2.05) is 45.0 Å². The number of halogens is 1. The van der Waals surface area contributed by atoms with Gasteiger partial charge >= 0.3 is 0 Å². The van der Waals surface area contributed by atoms with E-state index in [0.717, 1.165) is 39.7 Å². The van der Waals surface area contributed by atoms with Gasteiger partial charge in [0.1, 0.15) is 5.75 Å². The standard InChI is InChI=1S/C26H29BrN2O4S/c1-5-19-14-21(27)15-20(6-2)26(19)28-25(30)16-33-24-12-11-23(13-18(24)4)34(31,32)29-22-9-7-17(3)8-10-22/h7-15,29H,5-6,16H2,1-4H3,(H,28,30). The summed E-state index contributed by atoms with van der Waals surface area (Å²) >= 11 is 3.52. The second kappa shape index (κ2) is 11.1. The smallest absolute Gasteiger partial charge is 0.262 e. The molecule has 8 heteroatoms. The fourth-order valence-corrected chi connectivity index (χ4v) is 5.24. The van der Waals surface area contributed by atoms with Crippen molar-refractivity contribution in [3.05, 3.63) is 81.3 Å². The largest absolute Gasteiger partial charge is 0.483 e. The number of rotatable bonds is 9. The molecule has 0 spiro atoms. The first kappa shape index (κ1) is 25.8. The van der Waals surface area contributed by atoms with Gasteiger partial charge in [-0.15, -0.1) is 0 Å². The highest BCUT2D eigenvalue weighted by Crippen LogP contribution is 2.28. The molecule has 180 valence electrons.